The number of H-pyrrole nitrogens is 1. The number of fused-ring (bicyclic) bond motifs is 1. The van der Waals surface area contributed by atoms with E-state index in [1.54, 1.807) is 6.07 Å². The summed E-state index contributed by atoms with van der Waals surface area (Å²) in [6.45, 7) is 0. The van der Waals surface area contributed by atoms with E-state index in [4.69, 9.17) is 0 Å². The van der Waals surface area contributed by atoms with Gasteiger partial charge in [0.15, 0.2) is 0 Å². The summed E-state index contributed by atoms with van der Waals surface area (Å²) in [7, 11) is 0. The Morgan fingerprint density at radius 2 is 2.31 bits per heavy atom. The lowest BCUT2D eigenvalue weighted by molar-refractivity contribution is -0.385. The summed E-state index contributed by atoms with van der Waals surface area (Å²) in [4.78, 5) is 16.6. The first kappa shape index (κ1) is 8.06. The molecule has 0 radical (unpaired) electrons. The molecule has 2 heterocycles. The van der Waals surface area contributed by atoms with Gasteiger partial charge in [0.1, 0.15) is 11.8 Å². The van der Waals surface area contributed by atoms with Gasteiger partial charge in [-0.15, -0.1) is 12.6 Å². The van der Waals surface area contributed by atoms with Crippen LogP contribution in [-0.2, 0) is 0 Å². The lowest BCUT2D eigenvalue weighted by Gasteiger charge is -1.89. The summed E-state index contributed by atoms with van der Waals surface area (Å²) < 4.78 is 0. The zero-order chi connectivity index (χ0) is 9.42. The second kappa shape index (κ2) is 2.74. The normalized spacial score (nSPS) is 10.5. The maximum absolute atomic E-state index is 10.4. The third-order valence-electron chi connectivity index (χ3n) is 1.65. The number of pyridine rings is 1. The number of aromatic amines is 1. The van der Waals surface area contributed by atoms with Crippen molar-refractivity contribution in [3.8, 4) is 0 Å². The molecule has 0 saturated heterocycles. The van der Waals surface area contributed by atoms with Crippen LogP contribution in [0.5, 0.6) is 0 Å². The summed E-state index contributed by atoms with van der Waals surface area (Å²) in [6, 6.07) is 3.15. The van der Waals surface area contributed by atoms with Gasteiger partial charge in [0.25, 0.3) is 5.69 Å². The molecule has 2 rings (SSSR count). The van der Waals surface area contributed by atoms with Gasteiger partial charge in [-0.2, -0.15) is 0 Å². The SMILES string of the molecule is O=[N+]([O-])c1cnc2[nH]c(S)cc2c1. The van der Waals surface area contributed by atoms with E-state index < -0.39 is 4.92 Å². The van der Waals surface area contributed by atoms with E-state index in [2.05, 4.69) is 22.6 Å². The molecule has 5 nitrogen and oxygen atoms in total. The van der Waals surface area contributed by atoms with Gasteiger partial charge in [-0.3, -0.25) is 10.1 Å². The molecule has 0 aliphatic rings. The Kier molecular flexibility index (Phi) is 1.70. The van der Waals surface area contributed by atoms with Crippen LogP contribution in [0.25, 0.3) is 11.0 Å². The largest absolute Gasteiger partial charge is 0.335 e. The first-order chi connectivity index (χ1) is 6.16. The van der Waals surface area contributed by atoms with Crippen molar-refractivity contribution in [3.05, 3.63) is 28.4 Å². The first-order valence-electron chi connectivity index (χ1n) is 3.49. The maximum atomic E-state index is 10.4. The number of hydrogen-bond acceptors (Lipinski definition) is 4. The Morgan fingerprint density at radius 1 is 1.54 bits per heavy atom. The molecule has 66 valence electrons. The smallest absolute Gasteiger partial charge is 0.288 e. The number of aromatic nitrogens is 2. The van der Waals surface area contributed by atoms with Gasteiger partial charge in [-0.05, 0) is 6.07 Å². The van der Waals surface area contributed by atoms with E-state index in [9.17, 15) is 10.1 Å². The molecular formula is C7H5N3O2S. The Morgan fingerprint density at radius 3 is 3.00 bits per heavy atom. The van der Waals surface area contributed by atoms with Crippen molar-refractivity contribution in [1.29, 1.82) is 0 Å². The minimum Gasteiger partial charge on any atom is -0.335 e. The number of nitro groups is 1. The molecule has 13 heavy (non-hydrogen) atoms. The molecule has 0 saturated carbocycles. The van der Waals surface area contributed by atoms with Crippen LogP contribution in [0.15, 0.2) is 23.4 Å². The Balaban J connectivity index is 2.67. The molecule has 0 spiro atoms. The summed E-state index contributed by atoms with van der Waals surface area (Å²) >= 11 is 4.06. The molecule has 6 heteroatoms. The molecule has 0 fully saturated rings. The lowest BCUT2D eigenvalue weighted by atomic mass is 10.3. The fourth-order valence-corrected chi connectivity index (χ4v) is 1.33. The molecule has 1 N–H and O–H groups in total. The molecular weight excluding hydrogens is 190 g/mol. The zero-order valence-corrected chi connectivity index (χ0v) is 7.28. The van der Waals surface area contributed by atoms with Crippen molar-refractivity contribution in [2.45, 2.75) is 5.03 Å². The molecule has 0 amide bonds. The quantitative estimate of drug-likeness (QED) is 0.413. The molecule has 2 aromatic rings. The third-order valence-corrected chi connectivity index (χ3v) is 1.89. The van der Waals surface area contributed by atoms with Crippen molar-refractivity contribution < 1.29 is 4.92 Å². The van der Waals surface area contributed by atoms with Gasteiger partial charge in [0.2, 0.25) is 0 Å². The summed E-state index contributed by atoms with van der Waals surface area (Å²) in [6.07, 6.45) is 1.21. The van der Waals surface area contributed by atoms with Gasteiger partial charge in [0, 0.05) is 11.5 Å². The van der Waals surface area contributed by atoms with Gasteiger partial charge in [-0.25, -0.2) is 4.98 Å². The average molecular weight is 195 g/mol. The average Bonchev–Trinajstić information content (AvgIpc) is 2.42. The van der Waals surface area contributed by atoms with Crippen LogP contribution in [0.1, 0.15) is 0 Å². The van der Waals surface area contributed by atoms with Gasteiger partial charge < -0.3 is 4.98 Å². The molecule has 0 aromatic carbocycles. The predicted molar refractivity (Wildman–Crippen MR) is 50.0 cm³/mol. The van der Waals surface area contributed by atoms with Crippen LogP contribution in [0.4, 0.5) is 5.69 Å². The van der Waals surface area contributed by atoms with E-state index in [1.165, 1.54) is 12.3 Å². The fourth-order valence-electron chi connectivity index (χ4n) is 1.09. The number of nitrogens with zero attached hydrogens (tertiary/aromatic N) is 2. The minimum absolute atomic E-state index is 0.0140. The van der Waals surface area contributed by atoms with Crippen LogP contribution in [0, 0.1) is 10.1 Å². The Bertz CT molecular complexity index is 480. The molecule has 0 bridgehead atoms. The Labute approximate surface area is 78.3 Å². The lowest BCUT2D eigenvalue weighted by Crippen LogP contribution is -1.88. The highest BCUT2D eigenvalue weighted by Gasteiger charge is 2.08. The fraction of sp³-hybridized carbons (Fsp3) is 0. The van der Waals surface area contributed by atoms with Crippen molar-refractivity contribution >= 4 is 29.3 Å². The third kappa shape index (κ3) is 1.35. The number of nitrogens with one attached hydrogen (secondary N) is 1. The van der Waals surface area contributed by atoms with Crippen LogP contribution < -0.4 is 0 Å². The topological polar surface area (TPSA) is 71.8 Å². The number of thiol groups is 1. The van der Waals surface area contributed by atoms with E-state index in [-0.39, 0.29) is 5.69 Å². The van der Waals surface area contributed by atoms with Crippen LogP contribution in [-0.4, -0.2) is 14.9 Å². The van der Waals surface area contributed by atoms with E-state index in [0.29, 0.717) is 16.1 Å². The second-order valence-electron chi connectivity index (χ2n) is 2.54. The van der Waals surface area contributed by atoms with Gasteiger partial charge in [0.05, 0.1) is 9.95 Å². The molecule has 0 atom stereocenters. The monoisotopic (exact) mass is 195 g/mol. The van der Waals surface area contributed by atoms with Crippen molar-refractivity contribution in [2.75, 3.05) is 0 Å². The Hall–Kier alpha value is -1.56. The van der Waals surface area contributed by atoms with Gasteiger partial charge >= 0.3 is 0 Å². The standard InChI is InChI=1S/C7H5N3O2S/c11-10(12)5-1-4-2-6(13)9-7(4)8-3-5/h1-3,13H,(H,8,9). The molecule has 2 aromatic heterocycles. The summed E-state index contributed by atoms with van der Waals surface area (Å²) in [5.74, 6) is 0. The van der Waals surface area contributed by atoms with Crippen molar-refractivity contribution in [3.63, 3.8) is 0 Å². The molecule has 0 unspecified atom stereocenters. The zero-order valence-electron chi connectivity index (χ0n) is 6.39. The van der Waals surface area contributed by atoms with Gasteiger partial charge in [-0.1, -0.05) is 0 Å². The van der Waals surface area contributed by atoms with E-state index >= 15 is 0 Å². The highest BCUT2D eigenvalue weighted by Crippen LogP contribution is 2.20. The minimum atomic E-state index is -0.475. The number of hydrogen-bond donors (Lipinski definition) is 2. The maximum Gasteiger partial charge on any atom is 0.288 e. The van der Waals surface area contributed by atoms with Crippen LogP contribution in [0.3, 0.4) is 0 Å². The number of rotatable bonds is 1. The first-order valence-corrected chi connectivity index (χ1v) is 3.93. The summed E-state index contributed by atoms with van der Waals surface area (Å²) in [5.41, 5.74) is 0.593. The highest BCUT2D eigenvalue weighted by molar-refractivity contribution is 7.80. The van der Waals surface area contributed by atoms with Crippen LogP contribution >= 0.6 is 12.6 Å². The van der Waals surface area contributed by atoms with E-state index in [0.717, 1.165) is 0 Å². The summed E-state index contributed by atoms with van der Waals surface area (Å²) in [5, 5.41) is 11.7. The molecule has 0 aliphatic heterocycles. The second-order valence-corrected chi connectivity index (χ2v) is 3.02. The van der Waals surface area contributed by atoms with E-state index in [1.807, 2.05) is 0 Å². The van der Waals surface area contributed by atoms with Crippen LogP contribution in [0.2, 0.25) is 0 Å². The predicted octanol–water partition coefficient (Wildman–Crippen LogP) is 1.76. The van der Waals surface area contributed by atoms with Crippen molar-refractivity contribution in [1.82, 2.24) is 9.97 Å². The highest BCUT2D eigenvalue weighted by atomic mass is 32.1. The molecule has 0 aliphatic carbocycles. The van der Waals surface area contributed by atoms with Crippen molar-refractivity contribution in [2.24, 2.45) is 0 Å².